The lowest BCUT2D eigenvalue weighted by Gasteiger charge is -2.17. The maximum absolute atomic E-state index is 11.9. The second-order valence-electron chi connectivity index (χ2n) is 4.10. The number of hydrogen-bond donors (Lipinski definition) is 3. The maximum atomic E-state index is 11.9. The summed E-state index contributed by atoms with van der Waals surface area (Å²) in [5, 5.41) is 5.81. The molecule has 0 aliphatic carbocycles. The Kier molecular flexibility index (Phi) is 5.17. The number of anilines is 2. The molecule has 1 aromatic heterocycles. The van der Waals surface area contributed by atoms with Crippen LogP contribution in [0.4, 0.5) is 10.7 Å². The molecular weight excluding hydrogens is 264 g/mol. The van der Waals surface area contributed by atoms with Gasteiger partial charge in [-0.2, -0.15) is 0 Å². The summed E-state index contributed by atoms with van der Waals surface area (Å²) in [6, 6.07) is 0. The van der Waals surface area contributed by atoms with Crippen LogP contribution in [0.15, 0.2) is 0 Å². The first-order valence-corrected chi connectivity index (χ1v) is 6.87. The highest BCUT2D eigenvalue weighted by Gasteiger charge is 2.26. The largest absolute Gasteiger partial charge is 0.397 e. The molecule has 1 rings (SSSR count). The molecule has 0 aliphatic heterocycles. The van der Waals surface area contributed by atoms with Gasteiger partial charge in [0.25, 0.3) is 11.8 Å². The van der Waals surface area contributed by atoms with E-state index in [1.807, 2.05) is 18.9 Å². The zero-order valence-corrected chi connectivity index (χ0v) is 12.5. The highest BCUT2D eigenvalue weighted by Crippen LogP contribution is 2.37. The van der Waals surface area contributed by atoms with Gasteiger partial charge in [0.1, 0.15) is 9.88 Å². The van der Waals surface area contributed by atoms with Crippen LogP contribution in [0.5, 0.6) is 0 Å². The Balaban J connectivity index is 3.35. The summed E-state index contributed by atoms with van der Waals surface area (Å²) in [6.45, 7) is 2.84. The average molecular weight is 284 g/mol. The fraction of sp³-hybridized carbons (Fsp3) is 0.500. The summed E-state index contributed by atoms with van der Waals surface area (Å²) in [5.74, 6) is -0.550. The summed E-state index contributed by atoms with van der Waals surface area (Å²) in [6.07, 6.45) is 0.941. The SMILES string of the molecule is CCCN(C)c1sc(C(=O)NC)c(N)c1C(=O)NC. The molecule has 0 saturated heterocycles. The Bertz CT molecular complexity index is 484. The van der Waals surface area contributed by atoms with Crippen LogP contribution in [0.25, 0.3) is 0 Å². The van der Waals surface area contributed by atoms with Crippen molar-refractivity contribution in [2.24, 2.45) is 0 Å². The van der Waals surface area contributed by atoms with E-state index in [4.69, 9.17) is 5.73 Å². The van der Waals surface area contributed by atoms with Crippen molar-refractivity contribution in [3.8, 4) is 0 Å². The lowest BCUT2D eigenvalue weighted by atomic mass is 10.2. The molecule has 0 saturated carbocycles. The van der Waals surface area contributed by atoms with Crippen molar-refractivity contribution in [3.05, 3.63) is 10.4 Å². The molecule has 0 radical (unpaired) electrons. The number of thiophene rings is 1. The highest BCUT2D eigenvalue weighted by molar-refractivity contribution is 7.19. The molecule has 7 heteroatoms. The molecule has 2 amide bonds. The second-order valence-corrected chi connectivity index (χ2v) is 5.10. The predicted molar refractivity (Wildman–Crippen MR) is 79.1 cm³/mol. The van der Waals surface area contributed by atoms with E-state index in [0.717, 1.165) is 18.0 Å². The summed E-state index contributed by atoms with van der Waals surface area (Å²) in [5.41, 5.74) is 6.57. The number of amides is 2. The van der Waals surface area contributed by atoms with E-state index in [0.29, 0.717) is 10.4 Å². The topological polar surface area (TPSA) is 87.5 Å². The number of nitrogens with one attached hydrogen (secondary N) is 2. The van der Waals surface area contributed by atoms with Crippen molar-refractivity contribution in [3.63, 3.8) is 0 Å². The molecule has 4 N–H and O–H groups in total. The first kappa shape index (κ1) is 15.3. The van der Waals surface area contributed by atoms with Gasteiger partial charge in [0.15, 0.2) is 0 Å². The van der Waals surface area contributed by atoms with Crippen molar-refractivity contribution in [2.75, 3.05) is 38.3 Å². The third kappa shape index (κ3) is 2.98. The molecule has 0 fully saturated rings. The Morgan fingerprint density at radius 2 is 1.84 bits per heavy atom. The van der Waals surface area contributed by atoms with Gasteiger partial charge in [-0.25, -0.2) is 0 Å². The van der Waals surface area contributed by atoms with Crippen molar-refractivity contribution in [1.82, 2.24) is 10.6 Å². The summed E-state index contributed by atoms with van der Waals surface area (Å²) >= 11 is 1.24. The van der Waals surface area contributed by atoms with E-state index < -0.39 is 0 Å². The third-order valence-electron chi connectivity index (χ3n) is 2.72. The van der Waals surface area contributed by atoms with Crippen LogP contribution in [-0.2, 0) is 0 Å². The van der Waals surface area contributed by atoms with Crippen LogP contribution >= 0.6 is 11.3 Å². The summed E-state index contributed by atoms with van der Waals surface area (Å²) < 4.78 is 0. The number of carbonyl (C=O) groups excluding carboxylic acids is 2. The molecule has 0 unspecified atom stereocenters. The van der Waals surface area contributed by atoms with Crippen LogP contribution in [0, 0.1) is 0 Å². The zero-order valence-electron chi connectivity index (χ0n) is 11.7. The predicted octanol–water partition coefficient (Wildman–Crippen LogP) is 0.896. The lowest BCUT2D eigenvalue weighted by Crippen LogP contribution is -2.24. The molecule has 0 atom stereocenters. The molecule has 106 valence electrons. The summed E-state index contributed by atoms with van der Waals surface area (Å²) in [7, 11) is 4.97. The zero-order chi connectivity index (χ0) is 14.6. The lowest BCUT2D eigenvalue weighted by molar-refractivity contribution is 0.0963. The van der Waals surface area contributed by atoms with Gasteiger partial charge in [0.05, 0.1) is 11.3 Å². The number of hydrogen-bond acceptors (Lipinski definition) is 5. The Labute approximate surface area is 117 Å². The maximum Gasteiger partial charge on any atom is 0.263 e. The number of nitrogens with zero attached hydrogens (tertiary/aromatic N) is 1. The van der Waals surface area contributed by atoms with Gasteiger partial charge in [0, 0.05) is 27.7 Å². The Morgan fingerprint density at radius 1 is 1.26 bits per heavy atom. The highest BCUT2D eigenvalue weighted by atomic mass is 32.1. The van der Waals surface area contributed by atoms with Gasteiger partial charge in [-0.15, -0.1) is 11.3 Å². The Morgan fingerprint density at radius 3 is 2.32 bits per heavy atom. The van der Waals surface area contributed by atoms with E-state index in [1.54, 1.807) is 7.05 Å². The molecule has 6 nitrogen and oxygen atoms in total. The van der Waals surface area contributed by atoms with Crippen LogP contribution in [0.2, 0.25) is 0 Å². The van der Waals surface area contributed by atoms with Crippen LogP contribution in [-0.4, -0.2) is 39.5 Å². The minimum absolute atomic E-state index is 0.238. The minimum Gasteiger partial charge on any atom is -0.397 e. The van der Waals surface area contributed by atoms with E-state index in [1.165, 1.54) is 18.4 Å². The smallest absolute Gasteiger partial charge is 0.263 e. The van der Waals surface area contributed by atoms with Crippen LogP contribution < -0.4 is 21.3 Å². The average Bonchev–Trinajstić information content (AvgIpc) is 2.75. The van der Waals surface area contributed by atoms with Gasteiger partial charge in [-0.3, -0.25) is 9.59 Å². The second kappa shape index (κ2) is 6.42. The number of nitrogen functional groups attached to an aromatic ring is 1. The van der Waals surface area contributed by atoms with Crippen molar-refractivity contribution in [2.45, 2.75) is 13.3 Å². The molecule has 1 aromatic rings. The molecule has 0 bridgehead atoms. The molecule has 0 aromatic carbocycles. The molecule has 0 spiro atoms. The molecular formula is C12H20N4O2S. The van der Waals surface area contributed by atoms with E-state index in [2.05, 4.69) is 10.6 Å². The fourth-order valence-electron chi connectivity index (χ4n) is 1.76. The number of rotatable bonds is 5. The number of nitrogens with two attached hydrogens (primary N) is 1. The van der Waals surface area contributed by atoms with E-state index in [-0.39, 0.29) is 17.5 Å². The first-order valence-electron chi connectivity index (χ1n) is 6.05. The fourth-order valence-corrected chi connectivity index (χ4v) is 2.92. The van der Waals surface area contributed by atoms with E-state index in [9.17, 15) is 9.59 Å². The third-order valence-corrected chi connectivity index (χ3v) is 4.04. The van der Waals surface area contributed by atoms with Crippen LogP contribution in [0.1, 0.15) is 33.4 Å². The first-order chi connectivity index (χ1) is 8.97. The van der Waals surface area contributed by atoms with Gasteiger partial charge in [0.2, 0.25) is 0 Å². The number of carbonyl (C=O) groups is 2. The van der Waals surface area contributed by atoms with Crippen molar-refractivity contribution in [1.29, 1.82) is 0 Å². The Hall–Kier alpha value is -1.76. The normalized spacial score (nSPS) is 10.1. The molecule has 0 aliphatic rings. The van der Waals surface area contributed by atoms with Crippen LogP contribution in [0.3, 0.4) is 0 Å². The quantitative estimate of drug-likeness (QED) is 0.749. The molecule has 19 heavy (non-hydrogen) atoms. The van der Waals surface area contributed by atoms with E-state index >= 15 is 0 Å². The van der Waals surface area contributed by atoms with Gasteiger partial charge in [-0.05, 0) is 6.42 Å². The van der Waals surface area contributed by atoms with Gasteiger partial charge < -0.3 is 21.3 Å². The minimum atomic E-state index is -0.276. The van der Waals surface area contributed by atoms with Crippen molar-refractivity contribution < 1.29 is 9.59 Å². The van der Waals surface area contributed by atoms with Gasteiger partial charge >= 0.3 is 0 Å². The van der Waals surface area contributed by atoms with Gasteiger partial charge in [-0.1, -0.05) is 6.92 Å². The monoisotopic (exact) mass is 284 g/mol. The van der Waals surface area contributed by atoms with Crippen molar-refractivity contribution >= 4 is 33.8 Å². The standard InChI is InChI=1S/C12H20N4O2S/c1-5-6-16(4)12-7(10(17)14-2)8(13)9(19-12)11(18)15-3/h5-6,13H2,1-4H3,(H,14,17)(H,15,18). The summed E-state index contributed by atoms with van der Waals surface area (Å²) in [4.78, 5) is 26.0. The molecule has 1 heterocycles.